The zero-order valence-corrected chi connectivity index (χ0v) is 11.0. The van der Waals surface area contributed by atoms with Crippen LogP contribution in [-0.2, 0) is 25.8 Å². The largest absolute Gasteiger partial charge is 0.460 e. The fraction of sp³-hybridized carbons (Fsp3) is 0.429. The Morgan fingerprint density at radius 3 is 2.74 bits per heavy atom. The van der Waals surface area contributed by atoms with Crippen molar-refractivity contribution in [3.63, 3.8) is 0 Å². The Labute approximate surface area is 112 Å². The summed E-state index contributed by atoms with van der Waals surface area (Å²) < 4.78 is 5.24. The second-order valence-electron chi connectivity index (χ2n) is 4.61. The third kappa shape index (κ3) is 3.00. The second-order valence-corrected chi connectivity index (χ2v) is 4.61. The van der Waals surface area contributed by atoms with Gasteiger partial charge in [-0.1, -0.05) is 30.3 Å². The van der Waals surface area contributed by atoms with Crippen molar-refractivity contribution in [1.82, 2.24) is 5.06 Å². The van der Waals surface area contributed by atoms with E-state index in [0.717, 1.165) is 11.8 Å². The summed E-state index contributed by atoms with van der Waals surface area (Å²) in [5, 5.41) is 1.40. The predicted molar refractivity (Wildman–Crippen MR) is 67.9 cm³/mol. The van der Waals surface area contributed by atoms with Gasteiger partial charge in [0.05, 0.1) is 12.0 Å². The molecule has 0 amide bonds. The van der Waals surface area contributed by atoms with Crippen molar-refractivity contribution >= 4 is 12.3 Å². The molecule has 0 bridgehead atoms. The molecule has 0 aromatic heterocycles. The van der Waals surface area contributed by atoms with E-state index in [2.05, 4.69) is 0 Å². The van der Waals surface area contributed by atoms with Gasteiger partial charge >= 0.3 is 5.97 Å². The molecule has 0 spiro atoms. The maximum Gasteiger partial charge on any atom is 0.326 e. The standard InChI is InChI=1S/C14H17NO4/c1-10-12(8-16)13(15(2)19-10)14(17)18-9-11-6-4-3-5-7-11/h3-8,10,12-13H,9H2,1-2H3/t10-,12-,13+/m1/s1. The number of hydrogen-bond acceptors (Lipinski definition) is 5. The summed E-state index contributed by atoms with van der Waals surface area (Å²) in [7, 11) is 1.63. The van der Waals surface area contributed by atoms with Crippen LogP contribution < -0.4 is 0 Å². The first kappa shape index (κ1) is 13.7. The Bertz CT molecular complexity index is 448. The van der Waals surface area contributed by atoms with Gasteiger partial charge in [-0.3, -0.25) is 9.63 Å². The van der Waals surface area contributed by atoms with Gasteiger partial charge in [0.25, 0.3) is 0 Å². The highest BCUT2D eigenvalue weighted by molar-refractivity contribution is 5.80. The van der Waals surface area contributed by atoms with E-state index in [-0.39, 0.29) is 12.7 Å². The molecule has 1 saturated heterocycles. The summed E-state index contributed by atoms with van der Waals surface area (Å²) in [6, 6.07) is 8.74. The number of esters is 1. The van der Waals surface area contributed by atoms with Crippen LogP contribution in [0, 0.1) is 5.92 Å². The topological polar surface area (TPSA) is 55.8 Å². The number of aldehydes is 1. The Morgan fingerprint density at radius 1 is 1.42 bits per heavy atom. The molecule has 102 valence electrons. The molecule has 5 heteroatoms. The lowest BCUT2D eigenvalue weighted by atomic mass is 9.98. The Kier molecular flexibility index (Phi) is 4.29. The Morgan fingerprint density at radius 2 is 2.11 bits per heavy atom. The number of nitrogens with zero attached hydrogens (tertiary/aromatic N) is 1. The summed E-state index contributed by atoms with van der Waals surface area (Å²) in [6.07, 6.45) is 0.444. The summed E-state index contributed by atoms with van der Waals surface area (Å²) in [5.41, 5.74) is 0.910. The van der Waals surface area contributed by atoms with E-state index >= 15 is 0 Å². The van der Waals surface area contributed by atoms with Crippen LogP contribution in [-0.4, -0.2) is 36.5 Å². The van der Waals surface area contributed by atoms with Crippen molar-refractivity contribution in [3.05, 3.63) is 35.9 Å². The van der Waals surface area contributed by atoms with Crippen LogP contribution in [0.4, 0.5) is 0 Å². The van der Waals surface area contributed by atoms with Crippen LogP contribution in [0.15, 0.2) is 30.3 Å². The number of carbonyl (C=O) groups is 2. The number of hydroxylamine groups is 2. The molecule has 0 aliphatic carbocycles. The number of benzene rings is 1. The third-order valence-electron chi connectivity index (χ3n) is 3.25. The SMILES string of the molecule is C[C@H]1ON(C)[C@H](C(=O)OCc2ccccc2)[C@@H]1C=O. The van der Waals surface area contributed by atoms with Crippen LogP contribution in [0.3, 0.4) is 0 Å². The van der Waals surface area contributed by atoms with E-state index in [9.17, 15) is 9.59 Å². The fourth-order valence-electron chi connectivity index (χ4n) is 2.20. The number of ether oxygens (including phenoxy) is 1. The van der Waals surface area contributed by atoms with E-state index in [4.69, 9.17) is 9.57 Å². The van der Waals surface area contributed by atoms with Gasteiger partial charge < -0.3 is 9.53 Å². The average molecular weight is 263 g/mol. The zero-order chi connectivity index (χ0) is 13.8. The van der Waals surface area contributed by atoms with Gasteiger partial charge in [0.15, 0.2) is 0 Å². The number of carbonyl (C=O) groups excluding carboxylic acids is 2. The highest BCUT2D eigenvalue weighted by Gasteiger charge is 2.44. The van der Waals surface area contributed by atoms with Crippen molar-refractivity contribution in [1.29, 1.82) is 0 Å². The lowest BCUT2D eigenvalue weighted by Gasteiger charge is -2.18. The van der Waals surface area contributed by atoms with E-state index in [1.54, 1.807) is 14.0 Å². The van der Waals surface area contributed by atoms with E-state index in [1.807, 2.05) is 30.3 Å². The normalized spacial score (nSPS) is 27.2. The average Bonchev–Trinajstić information content (AvgIpc) is 2.71. The maximum atomic E-state index is 12.0. The van der Waals surface area contributed by atoms with Crippen molar-refractivity contribution < 1.29 is 19.2 Å². The first-order valence-electron chi connectivity index (χ1n) is 6.19. The van der Waals surface area contributed by atoms with E-state index < -0.39 is 17.9 Å². The lowest BCUT2D eigenvalue weighted by molar-refractivity contribution is -0.171. The third-order valence-corrected chi connectivity index (χ3v) is 3.25. The molecule has 0 saturated carbocycles. The monoisotopic (exact) mass is 263 g/mol. The molecule has 1 aromatic rings. The van der Waals surface area contributed by atoms with Crippen molar-refractivity contribution in [2.75, 3.05) is 7.05 Å². The first-order valence-corrected chi connectivity index (χ1v) is 6.19. The molecule has 0 radical (unpaired) electrons. The highest BCUT2D eigenvalue weighted by atomic mass is 16.7. The molecule has 1 aromatic carbocycles. The molecule has 1 aliphatic heterocycles. The molecular weight excluding hydrogens is 246 g/mol. The number of hydrogen-bond donors (Lipinski definition) is 0. The molecule has 1 aliphatic rings. The second kappa shape index (κ2) is 5.95. The van der Waals surface area contributed by atoms with Crippen LogP contribution in [0.1, 0.15) is 12.5 Å². The van der Waals surface area contributed by atoms with E-state index in [1.165, 1.54) is 5.06 Å². The smallest absolute Gasteiger partial charge is 0.326 e. The van der Waals surface area contributed by atoms with Gasteiger partial charge in [0.1, 0.15) is 18.9 Å². The minimum absolute atomic E-state index is 0.198. The molecule has 1 fully saturated rings. The molecule has 0 unspecified atom stereocenters. The molecular formula is C14H17NO4. The van der Waals surface area contributed by atoms with Crippen LogP contribution >= 0.6 is 0 Å². The zero-order valence-electron chi connectivity index (χ0n) is 11.0. The van der Waals surface area contributed by atoms with Gasteiger partial charge in [0.2, 0.25) is 0 Å². The molecule has 19 heavy (non-hydrogen) atoms. The minimum Gasteiger partial charge on any atom is -0.460 e. The molecule has 5 nitrogen and oxygen atoms in total. The first-order chi connectivity index (χ1) is 9.13. The van der Waals surface area contributed by atoms with Gasteiger partial charge in [-0.2, -0.15) is 5.06 Å². The molecule has 1 heterocycles. The van der Waals surface area contributed by atoms with Crippen molar-refractivity contribution in [2.45, 2.75) is 25.7 Å². The fourth-order valence-corrected chi connectivity index (χ4v) is 2.20. The highest BCUT2D eigenvalue weighted by Crippen LogP contribution is 2.25. The van der Waals surface area contributed by atoms with Crippen molar-refractivity contribution in [3.8, 4) is 0 Å². The Balaban J connectivity index is 1.97. The number of likely N-dealkylation sites (N-methyl/N-ethyl adjacent to an activating group) is 1. The van der Waals surface area contributed by atoms with Gasteiger partial charge in [-0.15, -0.1) is 0 Å². The molecule has 2 rings (SSSR count). The van der Waals surface area contributed by atoms with Gasteiger partial charge in [-0.05, 0) is 12.5 Å². The predicted octanol–water partition coefficient (Wildman–Crippen LogP) is 1.18. The summed E-state index contributed by atoms with van der Waals surface area (Å²) in [5.74, 6) is -0.930. The molecule has 3 atom stereocenters. The maximum absolute atomic E-state index is 12.0. The van der Waals surface area contributed by atoms with Crippen LogP contribution in [0.2, 0.25) is 0 Å². The van der Waals surface area contributed by atoms with Gasteiger partial charge in [0, 0.05) is 7.05 Å². The minimum atomic E-state index is -0.670. The summed E-state index contributed by atoms with van der Waals surface area (Å²) in [4.78, 5) is 28.4. The number of rotatable bonds is 4. The van der Waals surface area contributed by atoms with Crippen LogP contribution in [0.25, 0.3) is 0 Å². The van der Waals surface area contributed by atoms with Gasteiger partial charge in [-0.25, -0.2) is 0 Å². The summed E-state index contributed by atoms with van der Waals surface area (Å²) in [6.45, 7) is 1.96. The summed E-state index contributed by atoms with van der Waals surface area (Å²) >= 11 is 0. The van der Waals surface area contributed by atoms with Crippen molar-refractivity contribution in [2.24, 2.45) is 5.92 Å². The quantitative estimate of drug-likeness (QED) is 0.603. The van der Waals surface area contributed by atoms with Crippen LogP contribution in [0.5, 0.6) is 0 Å². The molecule has 0 N–H and O–H groups in total. The van der Waals surface area contributed by atoms with E-state index in [0.29, 0.717) is 0 Å². The lowest BCUT2D eigenvalue weighted by Crippen LogP contribution is -2.39. The Hall–Kier alpha value is -1.72.